The third kappa shape index (κ3) is 2.80. The van der Waals surface area contributed by atoms with E-state index < -0.39 is 10.0 Å². The molecule has 3 rings (SSSR count). The van der Waals surface area contributed by atoms with Crippen LogP contribution < -0.4 is 4.72 Å². The highest BCUT2D eigenvalue weighted by Gasteiger charge is 2.19. The maximum Gasteiger partial charge on any atom is 0.263 e. The van der Waals surface area contributed by atoms with Crippen LogP contribution in [0.3, 0.4) is 0 Å². The molecule has 0 unspecified atom stereocenters. The fraction of sp³-hybridized carbons (Fsp3) is 0.231. The van der Waals surface area contributed by atoms with Crippen LogP contribution in [-0.2, 0) is 17.1 Å². The van der Waals surface area contributed by atoms with Crippen LogP contribution in [0.4, 0.5) is 5.82 Å². The van der Waals surface area contributed by atoms with Gasteiger partial charge in [-0.3, -0.25) is 9.40 Å². The van der Waals surface area contributed by atoms with Crippen molar-refractivity contribution in [2.75, 3.05) is 4.72 Å². The van der Waals surface area contributed by atoms with E-state index in [4.69, 9.17) is 0 Å². The first-order valence-corrected chi connectivity index (χ1v) is 8.23. The smallest absolute Gasteiger partial charge is 0.263 e. The van der Waals surface area contributed by atoms with Gasteiger partial charge in [-0.2, -0.15) is 5.10 Å². The molecule has 0 bridgehead atoms. The molecular weight excluding hydrogens is 318 g/mol. The Balaban J connectivity index is 1.99. The topological polar surface area (TPSA) is 108 Å². The van der Waals surface area contributed by atoms with Crippen molar-refractivity contribution in [1.29, 1.82) is 0 Å². The number of aromatic nitrogens is 6. The fourth-order valence-corrected chi connectivity index (χ4v) is 3.36. The number of hydrogen-bond donors (Lipinski definition) is 1. The Labute approximate surface area is 133 Å². The molecule has 0 saturated heterocycles. The summed E-state index contributed by atoms with van der Waals surface area (Å²) in [6, 6.07) is 6.35. The van der Waals surface area contributed by atoms with Gasteiger partial charge in [0, 0.05) is 12.6 Å². The van der Waals surface area contributed by atoms with Crippen LogP contribution in [0.25, 0.3) is 5.69 Å². The summed E-state index contributed by atoms with van der Waals surface area (Å²) in [7, 11) is -2.06. The molecule has 0 fully saturated rings. The lowest BCUT2D eigenvalue weighted by Gasteiger charge is -2.10. The molecule has 1 aromatic carbocycles. The minimum atomic E-state index is -3.75. The predicted molar refractivity (Wildman–Crippen MR) is 82.6 cm³/mol. The highest BCUT2D eigenvalue weighted by Crippen LogP contribution is 2.22. The van der Waals surface area contributed by atoms with Crippen molar-refractivity contribution >= 4 is 15.8 Å². The number of sulfonamides is 1. The lowest BCUT2D eigenvalue weighted by atomic mass is 10.3. The van der Waals surface area contributed by atoms with E-state index in [-0.39, 0.29) is 4.90 Å². The molecule has 10 heteroatoms. The van der Waals surface area contributed by atoms with E-state index in [1.54, 1.807) is 19.2 Å². The number of nitrogens with one attached hydrogen (secondary N) is 1. The molecule has 0 aliphatic carbocycles. The number of hydrogen-bond acceptors (Lipinski definition) is 6. The van der Waals surface area contributed by atoms with Crippen LogP contribution in [0.1, 0.15) is 11.3 Å². The Morgan fingerprint density at radius 1 is 1.22 bits per heavy atom. The third-order valence-electron chi connectivity index (χ3n) is 3.49. The van der Waals surface area contributed by atoms with Gasteiger partial charge in [0.1, 0.15) is 12.1 Å². The second-order valence-corrected chi connectivity index (χ2v) is 6.72. The summed E-state index contributed by atoms with van der Waals surface area (Å²) in [6.45, 7) is 3.64. The summed E-state index contributed by atoms with van der Waals surface area (Å²) in [6.07, 6.45) is 1.40. The molecule has 0 radical (unpaired) electrons. The summed E-state index contributed by atoms with van der Waals surface area (Å²) in [5.74, 6) is 0.440. The average molecular weight is 333 g/mol. The molecule has 9 nitrogen and oxygen atoms in total. The third-order valence-corrected chi connectivity index (χ3v) is 4.83. The second kappa shape index (κ2) is 5.47. The summed E-state index contributed by atoms with van der Waals surface area (Å²) in [5, 5.41) is 15.0. The van der Waals surface area contributed by atoms with Crippen LogP contribution in [0, 0.1) is 13.8 Å². The van der Waals surface area contributed by atoms with Gasteiger partial charge in [0.2, 0.25) is 0 Å². The quantitative estimate of drug-likeness (QED) is 0.757. The van der Waals surface area contributed by atoms with E-state index in [1.165, 1.54) is 27.8 Å². The Hall–Kier alpha value is -2.75. The standard InChI is InChI=1S/C13H15N7O2S/c1-9-10(2)15-19(3)13(9)16-23(21,22)12-6-4-5-11(7-12)20-8-14-17-18-20/h4-8,16H,1-3H3. The SMILES string of the molecule is Cc1nn(C)c(NS(=O)(=O)c2cccc(-n3cnnn3)c2)c1C. The van der Waals surface area contributed by atoms with Crippen molar-refractivity contribution < 1.29 is 8.42 Å². The van der Waals surface area contributed by atoms with E-state index in [1.807, 2.05) is 13.8 Å². The number of rotatable bonds is 4. The Morgan fingerprint density at radius 3 is 2.61 bits per heavy atom. The van der Waals surface area contributed by atoms with E-state index in [0.29, 0.717) is 11.5 Å². The van der Waals surface area contributed by atoms with Gasteiger partial charge in [0.15, 0.2) is 0 Å². The van der Waals surface area contributed by atoms with Crippen molar-refractivity contribution in [1.82, 2.24) is 30.0 Å². The first-order valence-electron chi connectivity index (χ1n) is 6.75. The highest BCUT2D eigenvalue weighted by atomic mass is 32.2. The highest BCUT2D eigenvalue weighted by molar-refractivity contribution is 7.92. The molecule has 0 amide bonds. The summed E-state index contributed by atoms with van der Waals surface area (Å²) < 4.78 is 30.7. The van der Waals surface area contributed by atoms with Gasteiger partial charge in [-0.1, -0.05) is 6.07 Å². The Bertz CT molecular complexity index is 945. The molecular formula is C13H15N7O2S. The van der Waals surface area contributed by atoms with Crippen LogP contribution in [0.15, 0.2) is 35.5 Å². The molecule has 23 heavy (non-hydrogen) atoms. The van der Waals surface area contributed by atoms with E-state index in [2.05, 4.69) is 25.3 Å². The zero-order valence-electron chi connectivity index (χ0n) is 12.8. The van der Waals surface area contributed by atoms with Crippen molar-refractivity contribution in [2.45, 2.75) is 18.7 Å². The Morgan fingerprint density at radius 2 is 2.00 bits per heavy atom. The molecule has 1 N–H and O–H groups in total. The molecule has 0 spiro atoms. The van der Waals surface area contributed by atoms with Crippen molar-refractivity contribution in [3.63, 3.8) is 0 Å². The molecule has 120 valence electrons. The van der Waals surface area contributed by atoms with Crippen molar-refractivity contribution in [3.05, 3.63) is 41.9 Å². The normalized spacial score (nSPS) is 11.6. The van der Waals surface area contributed by atoms with Crippen molar-refractivity contribution in [2.24, 2.45) is 7.05 Å². The summed E-state index contributed by atoms with van der Waals surface area (Å²) >= 11 is 0. The van der Waals surface area contributed by atoms with Gasteiger partial charge in [0.25, 0.3) is 10.0 Å². The predicted octanol–water partition coefficient (Wildman–Crippen LogP) is 0.813. The number of tetrazole rings is 1. The summed E-state index contributed by atoms with van der Waals surface area (Å²) in [4.78, 5) is 0.115. The van der Waals surface area contributed by atoms with Crippen LogP contribution in [-0.4, -0.2) is 38.4 Å². The molecule has 0 atom stereocenters. The zero-order valence-corrected chi connectivity index (χ0v) is 13.6. The van der Waals surface area contributed by atoms with Gasteiger partial charge < -0.3 is 0 Å². The fourth-order valence-electron chi connectivity index (χ4n) is 2.17. The minimum Gasteiger partial charge on any atom is -0.263 e. The van der Waals surface area contributed by atoms with Crippen molar-refractivity contribution in [3.8, 4) is 5.69 Å². The van der Waals surface area contributed by atoms with Gasteiger partial charge in [0.05, 0.1) is 16.3 Å². The minimum absolute atomic E-state index is 0.115. The first-order chi connectivity index (χ1) is 10.9. The van der Waals surface area contributed by atoms with Crippen LogP contribution in [0.2, 0.25) is 0 Å². The molecule has 2 aromatic heterocycles. The van der Waals surface area contributed by atoms with Gasteiger partial charge in [-0.05, 0) is 42.5 Å². The number of benzene rings is 1. The average Bonchev–Trinajstić information content (AvgIpc) is 3.13. The van der Waals surface area contributed by atoms with E-state index >= 15 is 0 Å². The van der Waals surface area contributed by atoms with Gasteiger partial charge in [-0.25, -0.2) is 13.1 Å². The second-order valence-electron chi connectivity index (χ2n) is 5.04. The largest absolute Gasteiger partial charge is 0.263 e. The summed E-state index contributed by atoms with van der Waals surface area (Å²) in [5.41, 5.74) is 2.11. The molecule has 0 saturated carbocycles. The van der Waals surface area contributed by atoms with Crippen LogP contribution >= 0.6 is 0 Å². The van der Waals surface area contributed by atoms with E-state index in [9.17, 15) is 8.42 Å². The maximum atomic E-state index is 12.6. The monoisotopic (exact) mass is 333 g/mol. The molecule has 0 aliphatic rings. The zero-order chi connectivity index (χ0) is 16.6. The first kappa shape index (κ1) is 15.2. The lowest BCUT2D eigenvalue weighted by molar-refractivity contribution is 0.600. The molecule has 2 heterocycles. The molecule has 0 aliphatic heterocycles. The molecule has 3 aromatic rings. The number of nitrogens with zero attached hydrogens (tertiary/aromatic N) is 6. The number of aryl methyl sites for hydroxylation is 2. The lowest BCUT2D eigenvalue weighted by Crippen LogP contribution is -2.16. The number of anilines is 1. The maximum absolute atomic E-state index is 12.6. The van der Waals surface area contributed by atoms with Gasteiger partial charge >= 0.3 is 0 Å². The van der Waals surface area contributed by atoms with E-state index in [0.717, 1.165) is 11.3 Å². The Kier molecular flexibility index (Phi) is 3.60. The van der Waals surface area contributed by atoms with Crippen LogP contribution in [0.5, 0.6) is 0 Å². The van der Waals surface area contributed by atoms with Gasteiger partial charge in [-0.15, -0.1) is 5.10 Å².